The highest BCUT2D eigenvalue weighted by atomic mass is 16.7. The lowest BCUT2D eigenvalue weighted by atomic mass is 9.87. The second-order valence-electron chi connectivity index (χ2n) is 5.58. The van der Waals surface area contributed by atoms with E-state index >= 15 is 0 Å². The first-order chi connectivity index (χ1) is 8.83. The summed E-state index contributed by atoms with van der Waals surface area (Å²) in [7, 11) is 0. The first kappa shape index (κ1) is 14.3. The fourth-order valence-corrected chi connectivity index (χ4v) is 3.11. The fourth-order valence-electron chi connectivity index (χ4n) is 3.11. The molecule has 1 aliphatic carbocycles. The van der Waals surface area contributed by atoms with Crippen LogP contribution >= 0.6 is 0 Å². The Morgan fingerprint density at radius 3 is 2.50 bits per heavy atom. The van der Waals surface area contributed by atoms with Gasteiger partial charge in [0.25, 0.3) is 0 Å². The van der Waals surface area contributed by atoms with Gasteiger partial charge in [0.1, 0.15) is 6.23 Å². The van der Waals surface area contributed by atoms with E-state index in [1.165, 1.54) is 32.1 Å². The van der Waals surface area contributed by atoms with Crippen molar-refractivity contribution in [3.63, 3.8) is 0 Å². The van der Waals surface area contributed by atoms with Gasteiger partial charge in [-0.3, -0.25) is 10.2 Å². The molecule has 0 amide bonds. The molecule has 0 aromatic carbocycles. The topological polar surface area (TPSA) is 36.5 Å². The number of hydrogen-bond donors (Lipinski definition) is 2. The Morgan fingerprint density at radius 1 is 1.11 bits per heavy atom. The molecular formula is C14H29N3O. The lowest BCUT2D eigenvalue weighted by Gasteiger charge is -2.26. The lowest BCUT2D eigenvalue weighted by molar-refractivity contribution is 0.00846. The molecule has 0 bridgehead atoms. The Kier molecular flexibility index (Phi) is 5.89. The molecule has 2 unspecified atom stereocenters. The van der Waals surface area contributed by atoms with Crippen LogP contribution in [0, 0.1) is 5.92 Å². The van der Waals surface area contributed by atoms with Crippen LogP contribution in [0.1, 0.15) is 52.4 Å². The zero-order valence-electron chi connectivity index (χ0n) is 12.0. The van der Waals surface area contributed by atoms with Crippen LogP contribution in [0.3, 0.4) is 0 Å². The maximum atomic E-state index is 5.67. The normalized spacial score (nSPS) is 30.2. The molecule has 1 aliphatic heterocycles. The average molecular weight is 255 g/mol. The summed E-state index contributed by atoms with van der Waals surface area (Å²) in [5.41, 5.74) is 3.21. The van der Waals surface area contributed by atoms with Crippen molar-refractivity contribution in [2.24, 2.45) is 5.92 Å². The molecule has 2 fully saturated rings. The SMILES string of the molecule is CCN(CC)CCC1NC(C2CCCCC2)NO1. The Labute approximate surface area is 111 Å². The molecule has 0 radical (unpaired) electrons. The summed E-state index contributed by atoms with van der Waals surface area (Å²) >= 11 is 0. The van der Waals surface area contributed by atoms with E-state index in [2.05, 4.69) is 29.5 Å². The molecule has 1 saturated heterocycles. The van der Waals surface area contributed by atoms with Gasteiger partial charge in [0.15, 0.2) is 0 Å². The molecule has 4 nitrogen and oxygen atoms in total. The minimum Gasteiger partial charge on any atom is -0.304 e. The third-order valence-corrected chi connectivity index (χ3v) is 4.43. The van der Waals surface area contributed by atoms with Crippen LogP contribution in [0.4, 0.5) is 0 Å². The summed E-state index contributed by atoms with van der Waals surface area (Å²) in [4.78, 5) is 8.11. The zero-order valence-corrected chi connectivity index (χ0v) is 12.0. The van der Waals surface area contributed by atoms with Crippen LogP contribution in [0.25, 0.3) is 0 Å². The van der Waals surface area contributed by atoms with Gasteiger partial charge in [-0.2, -0.15) is 5.48 Å². The molecule has 0 aromatic rings. The Hall–Kier alpha value is -0.160. The Bertz CT molecular complexity index is 227. The van der Waals surface area contributed by atoms with Crippen molar-refractivity contribution in [2.75, 3.05) is 19.6 Å². The third-order valence-electron chi connectivity index (χ3n) is 4.43. The average Bonchev–Trinajstić information content (AvgIpc) is 2.90. The molecule has 2 aliphatic rings. The predicted molar refractivity (Wildman–Crippen MR) is 73.9 cm³/mol. The summed E-state index contributed by atoms with van der Waals surface area (Å²) in [6, 6.07) is 0. The minimum absolute atomic E-state index is 0.192. The van der Waals surface area contributed by atoms with Crippen LogP contribution in [0.15, 0.2) is 0 Å². The quantitative estimate of drug-likeness (QED) is 0.762. The van der Waals surface area contributed by atoms with E-state index in [0.29, 0.717) is 6.17 Å². The summed E-state index contributed by atoms with van der Waals surface area (Å²) in [5, 5.41) is 3.60. The van der Waals surface area contributed by atoms with Gasteiger partial charge in [-0.25, -0.2) is 0 Å². The molecule has 106 valence electrons. The van der Waals surface area contributed by atoms with E-state index in [9.17, 15) is 0 Å². The van der Waals surface area contributed by atoms with Crippen LogP contribution in [0.2, 0.25) is 0 Å². The molecule has 4 heteroatoms. The van der Waals surface area contributed by atoms with Crippen LogP contribution in [-0.4, -0.2) is 36.9 Å². The van der Waals surface area contributed by atoms with Crippen molar-refractivity contribution in [3.8, 4) is 0 Å². The maximum Gasteiger partial charge on any atom is 0.132 e. The smallest absolute Gasteiger partial charge is 0.132 e. The number of nitrogens with one attached hydrogen (secondary N) is 2. The van der Waals surface area contributed by atoms with Crippen LogP contribution < -0.4 is 10.8 Å². The summed E-state index contributed by atoms with van der Waals surface area (Å²) in [6.45, 7) is 7.81. The van der Waals surface area contributed by atoms with Crippen molar-refractivity contribution >= 4 is 0 Å². The van der Waals surface area contributed by atoms with Gasteiger partial charge in [0, 0.05) is 13.0 Å². The van der Waals surface area contributed by atoms with Crippen molar-refractivity contribution < 1.29 is 4.84 Å². The number of hydroxylamine groups is 1. The van der Waals surface area contributed by atoms with E-state index in [1.54, 1.807) is 0 Å². The molecule has 2 N–H and O–H groups in total. The summed E-state index contributed by atoms with van der Waals surface area (Å²) < 4.78 is 0. The zero-order chi connectivity index (χ0) is 12.8. The van der Waals surface area contributed by atoms with E-state index in [0.717, 1.165) is 32.0 Å². The highest BCUT2D eigenvalue weighted by molar-refractivity contribution is 4.80. The molecule has 2 atom stereocenters. The van der Waals surface area contributed by atoms with Gasteiger partial charge >= 0.3 is 0 Å². The molecule has 2 rings (SSSR count). The van der Waals surface area contributed by atoms with Gasteiger partial charge in [0.2, 0.25) is 0 Å². The molecule has 1 heterocycles. The van der Waals surface area contributed by atoms with Gasteiger partial charge in [-0.05, 0) is 31.8 Å². The van der Waals surface area contributed by atoms with Crippen LogP contribution in [-0.2, 0) is 4.84 Å². The predicted octanol–water partition coefficient (Wildman–Crippen LogP) is 2.08. The van der Waals surface area contributed by atoms with E-state index in [4.69, 9.17) is 4.84 Å². The molecular weight excluding hydrogens is 226 g/mol. The van der Waals surface area contributed by atoms with Crippen molar-refractivity contribution in [1.29, 1.82) is 0 Å². The number of rotatable bonds is 6. The Balaban J connectivity index is 1.67. The van der Waals surface area contributed by atoms with Gasteiger partial charge in [-0.15, -0.1) is 0 Å². The fraction of sp³-hybridized carbons (Fsp3) is 1.00. The third kappa shape index (κ3) is 3.92. The van der Waals surface area contributed by atoms with E-state index in [-0.39, 0.29) is 6.23 Å². The monoisotopic (exact) mass is 255 g/mol. The first-order valence-corrected chi connectivity index (χ1v) is 7.73. The number of nitrogens with zero attached hydrogens (tertiary/aromatic N) is 1. The van der Waals surface area contributed by atoms with E-state index in [1.807, 2.05) is 0 Å². The van der Waals surface area contributed by atoms with Crippen molar-refractivity contribution in [3.05, 3.63) is 0 Å². The van der Waals surface area contributed by atoms with Gasteiger partial charge < -0.3 is 4.90 Å². The second kappa shape index (κ2) is 7.43. The molecule has 0 aromatic heterocycles. The molecule has 0 spiro atoms. The summed E-state index contributed by atoms with van der Waals surface area (Å²) in [5.74, 6) is 0.761. The van der Waals surface area contributed by atoms with Crippen molar-refractivity contribution in [2.45, 2.75) is 64.8 Å². The van der Waals surface area contributed by atoms with Crippen LogP contribution in [0.5, 0.6) is 0 Å². The highest BCUT2D eigenvalue weighted by Gasteiger charge is 2.31. The summed E-state index contributed by atoms with van der Waals surface area (Å²) in [6.07, 6.45) is 8.51. The molecule has 1 saturated carbocycles. The van der Waals surface area contributed by atoms with Gasteiger partial charge in [0.05, 0.1) is 6.17 Å². The van der Waals surface area contributed by atoms with E-state index < -0.39 is 0 Å². The van der Waals surface area contributed by atoms with Crippen molar-refractivity contribution in [1.82, 2.24) is 15.7 Å². The van der Waals surface area contributed by atoms with Gasteiger partial charge in [-0.1, -0.05) is 33.1 Å². The molecule has 18 heavy (non-hydrogen) atoms. The standard InChI is InChI=1S/C14H29N3O/c1-3-17(4-2)11-10-13-15-14(16-18-13)12-8-6-5-7-9-12/h12-16H,3-11H2,1-2H3. The lowest BCUT2D eigenvalue weighted by Crippen LogP contribution is -2.41. The largest absolute Gasteiger partial charge is 0.304 e. The first-order valence-electron chi connectivity index (χ1n) is 7.73. The number of hydrogen-bond acceptors (Lipinski definition) is 4. The second-order valence-corrected chi connectivity index (χ2v) is 5.58. The maximum absolute atomic E-state index is 5.67. The highest BCUT2D eigenvalue weighted by Crippen LogP contribution is 2.27. The minimum atomic E-state index is 0.192. The Morgan fingerprint density at radius 2 is 1.83 bits per heavy atom.